The minimum atomic E-state index is -0.590. The van der Waals surface area contributed by atoms with E-state index >= 15 is 0 Å². The molecule has 2 aromatic carbocycles. The number of amides is 1. The van der Waals surface area contributed by atoms with Gasteiger partial charge in [0.25, 0.3) is 0 Å². The van der Waals surface area contributed by atoms with Crippen molar-refractivity contribution in [1.29, 1.82) is 0 Å². The average Bonchev–Trinajstić information content (AvgIpc) is 2.91. The molecule has 0 bridgehead atoms. The van der Waals surface area contributed by atoms with Gasteiger partial charge in [-0.2, -0.15) is 0 Å². The lowest BCUT2D eigenvalue weighted by Crippen LogP contribution is -2.28. The van der Waals surface area contributed by atoms with E-state index < -0.39 is 17.7 Å². The van der Waals surface area contributed by atoms with E-state index in [1.807, 2.05) is 6.07 Å². The average molecular weight is 299 g/mol. The van der Waals surface area contributed by atoms with Crippen molar-refractivity contribution in [3.05, 3.63) is 60.4 Å². The van der Waals surface area contributed by atoms with Crippen LogP contribution in [0, 0.1) is 11.7 Å². The van der Waals surface area contributed by atoms with Crippen LogP contribution in [0.25, 0.3) is 0 Å². The highest BCUT2D eigenvalue weighted by Crippen LogP contribution is 2.28. The number of carbonyl (C=O) groups excluding carboxylic acids is 2. The smallest absolute Gasteiger partial charge is 0.316 e. The van der Waals surface area contributed by atoms with Gasteiger partial charge in [-0.15, -0.1) is 0 Å². The first-order valence-corrected chi connectivity index (χ1v) is 6.97. The molecular formula is C17H14FNO3. The van der Waals surface area contributed by atoms with Crippen molar-refractivity contribution in [1.82, 2.24) is 0 Å². The molecule has 112 valence electrons. The van der Waals surface area contributed by atoms with Crippen molar-refractivity contribution in [2.24, 2.45) is 5.92 Å². The topological polar surface area (TPSA) is 46.6 Å². The molecule has 1 atom stereocenters. The standard InChI is InChI=1S/C17H14FNO3/c18-14-8-4-5-9-15(14)19-11-12(10-16(19)20)17(21)22-13-6-2-1-3-7-13/h1-9,12H,10-11H2/t12-/m1/s1. The van der Waals surface area contributed by atoms with E-state index in [0.29, 0.717) is 5.75 Å². The Labute approximate surface area is 127 Å². The second kappa shape index (κ2) is 5.97. The van der Waals surface area contributed by atoms with Crippen LogP contribution >= 0.6 is 0 Å². The number of halogens is 1. The summed E-state index contributed by atoms with van der Waals surface area (Å²) in [5.41, 5.74) is 0.197. The van der Waals surface area contributed by atoms with Crippen LogP contribution < -0.4 is 9.64 Å². The predicted molar refractivity (Wildman–Crippen MR) is 78.9 cm³/mol. The molecule has 1 fully saturated rings. The lowest BCUT2D eigenvalue weighted by molar-refractivity contribution is -0.139. The third-order valence-corrected chi connectivity index (χ3v) is 3.56. The third kappa shape index (κ3) is 2.83. The van der Waals surface area contributed by atoms with Crippen molar-refractivity contribution in [2.45, 2.75) is 6.42 Å². The lowest BCUT2D eigenvalue weighted by atomic mass is 10.1. The maximum atomic E-state index is 13.8. The summed E-state index contributed by atoms with van der Waals surface area (Å²) < 4.78 is 19.0. The van der Waals surface area contributed by atoms with Gasteiger partial charge in [0.05, 0.1) is 11.6 Å². The molecule has 3 rings (SSSR count). The zero-order chi connectivity index (χ0) is 15.5. The van der Waals surface area contributed by atoms with Gasteiger partial charge in [-0.05, 0) is 24.3 Å². The van der Waals surface area contributed by atoms with Gasteiger partial charge < -0.3 is 9.64 Å². The van der Waals surface area contributed by atoms with Gasteiger partial charge >= 0.3 is 5.97 Å². The molecule has 1 amide bonds. The number of esters is 1. The molecule has 0 aliphatic carbocycles. The van der Waals surface area contributed by atoms with Gasteiger partial charge in [0.2, 0.25) is 5.91 Å². The fourth-order valence-electron chi connectivity index (χ4n) is 2.46. The molecule has 0 N–H and O–H groups in total. The highest BCUT2D eigenvalue weighted by molar-refractivity contribution is 5.99. The van der Waals surface area contributed by atoms with E-state index in [1.165, 1.54) is 17.0 Å². The van der Waals surface area contributed by atoms with Crippen LogP contribution in [0.1, 0.15) is 6.42 Å². The Morgan fingerprint density at radius 2 is 1.77 bits per heavy atom. The van der Waals surface area contributed by atoms with Crippen molar-refractivity contribution in [3.8, 4) is 5.75 Å². The minimum absolute atomic E-state index is 0.0278. The molecule has 0 spiro atoms. The van der Waals surface area contributed by atoms with E-state index in [-0.39, 0.29) is 24.6 Å². The fraction of sp³-hybridized carbons (Fsp3) is 0.176. The predicted octanol–water partition coefficient (Wildman–Crippen LogP) is 2.78. The molecule has 1 heterocycles. The summed E-state index contributed by atoms with van der Waals surface area (Å²) in [6.45, 7) is 0.130. The third-order valence-electron chi connectivity index (χ3n) is 3.56. The van der Waals surface area contributed by atoms with Gasteiger partial charge in [-0.3, -0.25) is 9.59 Å². The Morgan fingerprint density at radius 1 is 1.09 bits per heavy atom. The van der Waals surface area contributed by atoms with Crippen molar-refractivity contribution in [3.63, 3.8) is 0 Å². The SMILES string of the molecule is O=C(Oc1ccccc1)[C@@H]1CC(=O)N(c2ccccc2F)C1. The van der Waals surface area contributed by atoms with Crippen LogP contribution in [0.5, 0.6) is 5.75 Å². The largest absolute Gasteiger partial charge is 0.426 e. The van der Waals surface area contributed by atoms with Crippen LogP contribution in [0.2, 0.25) is 0 Å². The van der Waals surface area contributed by atoms with Gasteiger partial charge in [0.15, 0.2) is 0 Å². The summed E-state index contributed by atoms with van der Waals surface area (Å²) in [7, 11) is 0. The maximum absolute atomic E-state index is 13.8. The lowest BCUT2D eigenvalue weighted by Gasteiger charge is -2.17. The molecular weight excluding hydrogens is 285 g/mol. The van der Waals surface area contributed by atoms with Crippen LogP contribution in [-0.2, 0) is 9.59 Å². The maximum Gasteiger partial charge on any atom is 0.316 e. The Kier molecular flexibility index (Phi) is 3.87. The highest BCUT2D eigenvalue weighted by atomic mass is 19.1. The number of hydrogen-bond donors (Lipinski definition) is 0. The van der Waals surface area contributed by atoms with Gasteiger partial charge in [-0.1, -0.05) is 30.3 Å². The number of nitrogens with zero attached hydrogens (tertiary/aromatic N) is 1. The summed E-state index contributed by atoms with van der Waals surface area (Å²) in [4.78, 5) is 25.5. The zero-order valence-electron chi connectivity index (χ0n) is 11.7. The number of para-hydroxylation sites is 2. The van der Waals surface area contributed by atoms with Crippen molar-refractivity contribution < 1.29 is 18.7 Å². The molecule has 0 unspecified atom stereocenters. The molecule has 0 radical (unpaired) electrons. The summed E-state index contributed by atoms with van der Waals surface area (Å²) in [5.74, 6) is -1.39. The monoisotopic (exact) mass is 299 g/mol. The van der Waals surface area contributed by atoms with Gasteiger partial charge in [0, 0.05) is 13.0 Å². The summed E-state index contributed by atoms with van der Waals surface area (Å²) in [6, 6.07) is 14.7. The Hall–Kier alpha value is -2.69. The molecule has 1 aliphatic heterocycles. The van der Waals surface area contributed by atoms with E-state index in [4.69, 9.17) is 4.74 Å². The molecule has 0 aromatic heterocycles. The zero-order valence-corrected chi connectivity index (χ0v) is 11.7. The first kappa shape index (κ1) is 14.3. The van der Waals surface area contributed by atoms with E-state index in [9.17, 15) is 14.0 Å². The first-order valence-electron chi connectivity index (χ1n) is 6.97. The number of benzene rings is 2. The van der Waals surface area contributed by atoms with Crippen molar-refractivity contribution >= 4 is 17.6 Å². The fourth-order valence-corrected chi connectivity index (χ4v) is 2.46. The van der Waals surface area contributed by atoms with Crippen molar-refractivity contribution in [2.75, 3.05) is 11.4 Å². The quantitative estimate of drug-likeness (QED) is 0.647. The van der Waals surface area contributed by atoms with Crippen LogP contribution in [0.4, 0.5) is 10.1 Å². The number of carbonyl (C=O) groups is 2. The van der Waals surface area contributed by atoms with Gasteiger partial charge in [0.1, 0.15) is 11.6 Å². The first-order chi connectivity index (χ1) is 10.6. The summed E-state index contributed by atoms with van der Waals surface area (Å²) in [5, 5.41) is 0. The molecule has 22 heavy (non-hydrogen) atoms. The summed E-state index contributed by atoms with van der Waals surface area (Å²) in [6.07, 6.45) is 0.0278. The number of rotatable bonds is 3. The second-order valence-corrected chi connectivity index (χ2v) is 5.09. The summed E-state index contributed by atoms with van der Waals surface area (Å²) >= 11 is 0. The molecule has 0 saturated carbocycles. The van der Waals surface area contributed by atoms with Crippen LogP contribution in [0.15, 0.2) is 54.6 Å². The van der Waals surface area contributed by atoms with E-state index in [0.717, 1.165) is 0 Å². The van der Waals surface area contributed by atoms with E-state index in [2.05, 4.69) is 0 Å². The molecule has 1 saturated heterocycles. The number of ether oxygens (including phenoxy) is 1. The molecule has 1 aliphatic rings. The minimum Gasteiger partial charge on any atom is -0.426 e. The Bertz CT molecular complexity index is 702. The second-order valence-electron chi connectivity index (χ2n) is 5.09. The van der Waals surface area contributed by atoms with Crippen LogP contribution in [0.3, 0.4) is 0 Å². The number of hydrogen-bond acceptors (Lipinski definition) is 3. The van der Waals surface area contributed by atoms with Crippen LogP contribution in [-0.4, -0.2) is 18.4 Å². The van der Waals surface area contributed by atoms with Gasteiger partial charge in [-0.25, -0.2) is 4.39 Å². The molecule has 2 aromatic rings. The normalized spacial score (nSPS) is 17.6. The molecule has 5 heteroatoms. The Morgan fingerprint density at radius 3 is 2.50 bits per heavy atom. The van der Waals surface area contributed by atoms with E-state index in [1.54, 1.807) is 36.4 Å². The highest BCUT2D eigenvalue weighted by Gasteiger charge is 2.37. The molecule has 4 nitrogen and oxygen atoms in total. The number of anilines is 1. The Balaban J connectivity index is 1.72.